The number of amides is 2. The highest BCUT2D eigenvalue weighted by Crippen LogP contribution is 2.42. The first-order valence-electron chi connectivity index (χ1n) is 11.7. The Kier molecular flexibility index (Phi) is 7.77. The van der Waals surface area contributed by atoms with Gasteiger partial charge in [0.15, 0.2) is 17.3 Å². The van der Waals surface area contributed by atoms with E-state index in [4.69, 9.17) is 18.6 Å². The highest BCUT2D eigenvalue weighted by atomic mass is 19.1. The molecule has 1 N–H and O–H groups in total. The van der Waals surface area contributed by atoms with E-state index in [0.717, 1.165) is 25.7 Å². The first kappa shape index (κ1) is 25.1. The van der Waals surface area contributed by atoms with Crippen molar-refractivity contribution in [3.63, 3.8) is 0 Å². The molecule has 8 nitrogen and oxygen atoms in total. The number of carbonyl (C=O) groups is 2. The smallest absolute Gasteiger partial charge is 0.294 e. The largest absolute Gasteiger partial charge is 0.493 e. The lowest BCUT2D eigenvalue weighted by atomic mass is 10.0. The summed E-state index contributed by atoms with van der Waals surface area (Å²) in [7, 11) is 4.43. The van der Waals surface area contributed by atoms with Gasteiger partial charge in [0.05, 0.1) is 27.6 Å². The standard InChI is InChI=1S/C27H29FN2O6/c1-33-22-15-17(16-23(34-2)25(22)35-3)24(26(31)29-19-7-4-5-8-19)30(20-12-10-18(28)11-13-20)27(32)21-9-6-14-36-21/h6,9-16,19,24H,4-5,7-8H2,1-3H3,(H,29,31)/t24-/m0/s1. The van der Waals surface area contributed by atoms with Crippen LogP contribution in [0.5, 0.6) is 17.2 Å². The third kappa shape index (κ3) is 5.15. The second-order valence-corrected chi connectivity index (χ2v) is 8.48. The minimum atomic E-state index is -1.15. The van der Waals surface area contributed by atoms with Crippen LogP contribution >= 0.6 is 0 Å². The number of carbonyl (C=O) groups excluding carboxylic acids is 2. The van der Waals surface area contributed by atoms with Crippen LogP contribution in [-0.4, -0.2) is 39.2 Å². The van der Waals surface area contributed by atoms with Gasteiger partial charge in [-0.05, 0) is 66.9 Å². The van der Waals surface area contributed by atoms with Gasteiger partial charge in [-0.3, -0.25) is 14.5 Å². The fourth-order valence-corrected chi connectivity index (χ4v) is 4.53. The number of furan rings is 1. The number of methoxy groups -OCH3 is 3. The van der Waals surface area contributed by atoms with E-state index < -0.39 is 17.8 Å². The molecule has 190 valence electrons. The van der Waals surface area contributed by atoms with Crippen molar-refractivity contribution in [2.45, 2.75) is 37.8 Å². The topological polar surface area (TPSA) is 90.2 Å². The molecule has 1 fully saturated rings. The number of hydrogen-bond acceptors (Lipinski definition) is 6. The van der Waals surface area contributed by atoms with E-state index in [-0.39, 0.29) is 17.7 Å². The SMILES string of the molecule is COc1cc([C@@H](C(=O)NC2CCCC2)N(C(=O)c2ccco2)c2ccc(F)cc2)cc(OC)c1OC. The average molecular weight is 497 g/mol. The van der Waals surface area contributed by atoms with Gasteiger partial charge < -0.3 is 23.9 Å². The lowest BCUT2D eigenvalue weighted by Crippen LogP contribution is -2.46. The number of halogens is 1. The number of nitrogens with zero attached hydrogens (tertiary/aromatic N) is 1. The molecule has 9 heteroatoms. The van der Waals surface area contributed by atoms with Gasteiger partial charge in [-0.15, -0.1) is 0 Å². The maximum absolute atomic E-state index is 13.9. The van der Waals surface area contributed by atoms with E-state index in [1.54, 1.807) is 18.2 Å². The molecule has 0 spiro atoms. The number of anilines is 1. The van der Waals surface area contributed by atoms with Crippen LogP contribution in [-0.2, 0) is 4.79 Å². The molecule has 2 amide bonds. The van der Waals surface area contributed by atoms with Crippen LogP contribution in [0, 0.1) is 5.82 Å². The van der Waals surface area contributed by atoms with Crippen molar-refractivity contribution < 1.29 is 32.6 Å². The first-order chi connectivity index (χ1) is 17.5. The van der Waals surface area contributed by atoms with Crippen molar-refractivity contribution >= 4 is 17.5 Å². The molecule has 2 aromatic carbocycles. The molecule has 0 saturated heterocycles. The summed E-state index contributed by atoms with van der Waals surface area (Å²) < 4.78 is 35.6. The van der Waals surface area contributed by atoms with E-state index in [9.17, 15) is 14.0 Å². The molecule has 1 heterocycles. The Labute approximate surface area is 208 Å². The summed E-state index contributed by atoms with van der Waals surface area (Å²) >= 11 is 0. The number of hydrogen-bond donors (Lipinski definition) is 1. The Balaban J connectivity index is 1.89. The van der Waals surface area contributed by atoms with Gasteiger partial charge >= 0.3 is 0 Å². The molecule has 0 bridgehead atoms. The van der Waals surface area contributed by atoms with Crippen LogP contribution in [0.3, 0.4) is 0 Å². The lowest BCUT2D eigenvalue weighted by Gasteiger charge is -2.32. The van der Waals surface area contributed by atoms with Crippen LogP contribution in [0.4, 0.5) is 10.1 Å². The summed E-state index contributed by atoms with van der Waals surface area (Å²) in [6, 6.07) is 10.6. The molecule has 1 saturated carbocycles. The summed E-state index contributed by atoms with van der Waals surface area (Å²) in [5.41, 5.74) is 0.738. The molecule has 1 aliphatic carbocycles. The lowest BCUT2D eigenvalue weighted by molar-refractivity contribution is -0.123. The Morgan fingerprint density at radius 3 is 2.17 bits per heavy atom. The molecule has 3 aromatic rings. The average Bonchev–Trinajstić information content (AvgIpc) is 3.61. The molecule has 1 atom stereocenters. The quantitative estimate of drug-likeness (QED) is 0.454. The van der Waals surface area contributed by atoms with Gasteiger partial charge in [0.25, 0.3) is 5.91 Å². The number of rotatable bonds is 9. The third-order valence-electron chi connectivity index (χ3n) is 6.27. The van der Waals surface area contributed by atoms with Crippen molar-refractivity contribution in [3.05, 3.63) is 71.9 Å². The Morgan fingerprint density at radius 2 is 1.64 bits per heavy atom. The van der Waals surface area contributed by atoms with Gasteiger partial charge in [-0.25, -0.2) is 4.39 Å². The monoisotopic (exact) mass is 496 g/mol. The van der Waals surface area contributed by atoms with Crippen molar-refractivity contribution in [3.8, 4) is 17.2 Å². The molecule has 1 aromatic heterocycles. The molecule has 4 rings (SSSR count). The first-order valence-corrected chi connectivity index (χ1v) is 11.7. The van der Waals surface area contributed by atoms with Gasteiger partial charge in [-0.1, -0.05) is 12.8 Å². The highest BCUT2D eigenvalue weighted by Gasteiger charge is 2.37. The summed E-state index contributed by atoms with van der Waals surface area (Å²) in [6.45, 7) is 0. The van der Waals surface area contributed by atoms with Crippen molar-refractivity contribution in [2.24, 2.45) is 0 Å². The number of nitrogens with one attached hydrogen (secondary N) is 1. The number of benzene rings is 2. The normalized spacial score (nSPS) is 14.2. The second-order valence-electron chi connectivity index (χ2n) is 8.48. The van der Waals surface area contributed by atoms with E-state index in [1.165, 1.54) is 62.8 Å². The van der Waals surface area contributed by atoms with Gasteiger partial charge in [0.1, 0.15) is 11.9 Å². The van der Waals surface area contributed by atoms with E-state index in [0.29, 0.717) is 28.5 Å². The fourth-order valence-electron chi connectivity index (χ4n) is 4.53. The van der Waals surface area contributed by atoms with Gasteiger partial charge in [0.2, 0.25) is 11.7 Å². The highest BCUT2D eigenvalue weighted by molar-refractivity contribution is 6.08. The molecule has 0 unspecified atom stereocenters. The van der Waals surface area contributed by atoms with E-state index in [2.05, 4.69) is 5.32 Å². The van der Waals surface area contributed by atoms with E-state index >= 15 is 0 Å². The number of ether oxygens (including phenoxy) is 3. The zero-order chi connectivity index (χ0) is 25.7. The zero-order valence-corrected chi connectivity index (χ0v) is 20.5. The molecule has 0 aliphatic heterocycles. The molecule has 36 heavy (non-hydrogen) atoms. The molecule has 1 aliphatic rings. The fraction of sp³-hybridized carbons (Fsp3) is 0.333. The van der Waals surface area contributed by atoms with Crippen LogP contribution in [0.2, 0.25) is 0 Å². The Morgan fingerprint density at radius 1 is 1.00 bits per heavy atom. The zero-order valence-electron chi connectivity index (χ0n) is 20.5. The molecule has 0 radical (unpaired) electrons. The summed E-state index contributed by atoms with van der Waals surface area (Å²) in [5, 5.41) is 3.09. The predicted molar refractivity (Wildman–Crippen MR) is 131 cm³/mol. The summed E-state index contributed by atoms with van der Waals surface area (Å²) in [4.78, 5) is 28.9. The summed E-state index contributed by atoms with van der Waals surface area (Å²) in [6.07, 6.45) is 5.13. The maximum atomic E-state index is 13.9. The van der Waals surface area contributed by atoms with Crippen LogP contribution < -0.4 is 24.4 Å². The summed E-state index contributed by atoms with van der Waals surface area (Å²) in [5.74, 6) is -0.379. The Hall–Kier alpha value is -4.01. The van der Waals surface area contributed by atoms with Crippen molar-refractivity contribution in [1.29, 1.82) is 0 Å². The van der Waals surface area contributed by atoms with Crippen molar-refractivity contribution in [2.75, 3.05) is 26.2 Å². The minimum absolute atomic E-state index is 0.00387. The Bertz CT molecular complexity index is 1160. The minimum Gasteiger partial charge on any atom is -0.493 e. The molecular formula is C27H29FN2O6. The van der Waals surface area contributed by atoms with Crippen LogP contribution in [0.1, 0.15) is 47.8 Å². The van der Waals surface area contributed by atoms with Crippen LogP contribution in [0.15, 0.2) is 59.2 Å². The van der Waals surface area contributed by atoms with Gasteiger partial charge in [0, 0.05) is 11.7 Å². The third-order valence-corrected chi connectivity index (χ3v) is 6.27. The molecular weight excluding hydrogens is 467 g/mol. The second kappa shape index (κ2) is 11.2. The van der Waals surface area contributed by atoms with E-state index in [1.807, 2.05) is 0 Å². The van der Waals surface area contributed by atoms with Crippen molar-refractivity contribution in [1.82, 2.24) is 5.32 Å². The van der Waals surface area contributed by atoms with Crippen LogP contribution in [0.25, 0.3) is 0 Å². The predicted octanol–water partition coefficient (Wildman–Crippen LogP) is 4.89. The van der Waals surface area contributed by atoms with Gasteiger partial charge in [-0.2, -0.15) is 0 Å². The maximum Gasteiger partial charge on any atom is 0.294 e.